The first-order chi connectivity index (χ1) is 17.2. The van der Waals surface area contributed by atoms with Crippen LogP contribution in [-0.2, 0) is 19.6 Å². The van der Waals surface area contributed by atoms with E-state index in [0.717, 1.165) is 15.8 Å². The van der Waals surface area contributed by atoms with Gasteiger partial charge in [-0.05, 0) is 67.6 Å². The quantitative estimate of drug-likeness (QED) is 0.369. The first-order valence-corrected chi connectivity index (χ1v) is 13.3. The van der Waals surface area contributed by atoms with E-state index in [4.69, 9.17) is 9.15 Å². The van der Waals surface area contributed by atoms with Gasteiger partial charge in [-0.1, -0.05) is 0 Å². The molecule has 5 rings (SSSR count). The Balaban J connectivity index is 1.19. The highest BCUT2D eigenvalue weighted by molar-refractivity contribution is 7.89. The van der Waals surface area contributed by atoms with Crippen LogP contribution in [0.25, 0.3) is 11.0 Å². The van der Waals surface area contributed by atoms with Crippen LogP contribution in [0.2, 0.25) is 0 Å². The van der Waals surface area contributed by atoms with Crippen molar-refractivity contribution in [2.45, 2.75) is 37.5 Å². The van der Waals surface area contributed by atoms with Crippen molar-refractivity contribution in [2.75, 3.05) is 24.6 Å². The Morgan fingerprint density at radius 2 is 1.61 bits per heavy atom. The molecule has 0 spiro atoms. The van der Waals surface area contributed by atoms with E-state index in [1.807, 2.05) is 19.1 Å². The zero-order valence-corrected chi connectivity index (χ0v) is 20.6. The Morgan fingerprint density at radius 1 is 0.944 bits per heavy atom. The van der Waals surface area contributed by atoms with Gasteiger partial charge in [0.1, 0.15) is 11.3 Å². The molecule has 2 amide bonds. The number of rotatable bonds is 6. The fraction of sp³-hybridized carbons (Fsp3) is 0.346. The second kappa shape index (κ2) is 9.51. The van der Waals surface area contributed by atoms with Crippen molar-refractivity contribution in [1.82, 2.24) is 4.31 Å². The molecule has 2 aromatic carbocycles. The number of fused-ring (bicyclic) bond motifs is 1. The summed E-state index contributed by atoms with van der Waals surface area (Å²) in [7, 11) is -3.69. The summed E-state index contributed by atoms with van der Waals surface area (Å²) in [5, 5.41) is 0.854. The number of carbonyl (C=O) groups excluding carboxylic acids is 2. The van der Waals surface area contributed by atoms with Gasteiger partial charge < -0.3 is 9.15 Å². The van der Waals surface area contributed by atoms with Crippen molar-refractivity contribution in [3.8, 4) is 5.75 Å². The molecule has 2 aliphatic rings. The average Bonchev–Trinajstić information content (AvgIpc) is 3.20. The number of hydrogen-bond donors (Lipinski definition) is 0. The molecule has 2 fully saturated rings. The molecule has 0 unspecified atom stereocenters. The van der Waals surface area contributed by atoms with E-state index in [1.54, 1.807) is 6.07 Å². The van der Waals surface area contributed by atoms with E-state index in [-0.39, 0.29) is 35.5 Å². The van der Waals surface area contributed by atoms with E-state index < -0.39 is 15.6 Å². The predicted molar refractivity (Wildman–Crippen MR) is 132 cm³/mol. The van der Waals surface area contributed by atoms with Gasteiger partial charge in [0.2, 0.25) is 21.8 Å². The van der Waals surface area contributed by atoms with Gasteiger partial charge in [0.05, 0.1) is 17.2 Å². The topological polar surface area (TPSA) is 114 Å². The fourth-order valence-corrected chi connectivity index (χ4v) is 6.18. The van der Waals surface area contributed by atoms with Gasteiger partial charge in [0.15, 0.2) is 0 Å². The number of aryl methyl sites for hydroxylation is 1. The molecule has 36 heavy (non-hydrogen) atoms. The molecular weight excluding hydrogens is 484 g/mol. The lowest BCUT2D eigenvalue weighted by molar-refractivity contribution is -0.121. The van der Waals surface area contributed by atoms with Gasteiger partial charge in [0.25, 0.3) is 0 Å². The summed E-state index contributed by atoms with van der Waals surface area (Å²) < 4.78 is 38.9. The Morgan fingerprint density at radius 3 is 2.28 bits per heavy atom. The summed E-state index contributed by atoms with van der Waals surface area (Å²) in [6.45, 7) is 3.02. The highest BCUT2D eigenvalue weighted by atomic mass is 32.2. The summed E-state index contributed by atoms with van der Waals surface area (Å²) in [6, 6.07) is 12.7. The molecule has 9 nitrogen and oxygen atoms in total. The summed E-state index contributed by atoms with van der Waals surface area (Å²) >= 11 is 0. The third-order valence-electron chi connectivity index (χ3n) is 6.77. The molecule has 0 saturated carbocycles. The molecule has 0 atom stereocenters. The van der Waals surface area contributed by atoms with Crippen molar-refractivity contribution < 1.29 is 27.2 Å². The van der Waals surface area contributed by atoms with Gasteiger partial charge in [-0.2, -0.15) is 4.31 Å². The lowest BCUT2D eigenvalue weighted by atomic mass is 9.99. The van der Waals surface area contributed by atoms with Crippen LogP contribution in [0.1, 0.15) is 31.2 Å². The maximum absolute atomic E-state index is 13.1. The van der Waals surface area contributed by atoms with E-state index in [1.165, 1.54) is 34.6 Å². The monoisotopic (exact) mass is 510 g/mol. The molecule has 0 bridgehead atoms. The van der Waals surface area contributed by atoms with Crippen LogP contribution in [-0.4, -0.2) is 44.2 Å². The standard InChI is InChI=1S/C26H26N2O7S/c1-17-14-26(31)35-23-15-20(4-7-22(17)23)34-16-18-10-12-27(13-11-18)36(32,33)21-5-2-19(3-6-21)28-24(29)8-9-25(28)30/h2-7,14-15,18H,8-13,16H2,1H3. The van der Waals surface area contributed by atoms with Crippen LogP contribution in [0, 0.1) is 12.8 Å². The Labute approximate surface area is 208 Å². The van der Waals surface area contributed by atoms with E-state index >= 15 is 0 Å². The van der Waals surface area contributed by atoms with E-state index in [2.05, 4.69) is 0 Å². The van der Waals surface area contributed by atoms with Crippen molar-refractivity contribution in [3.63, 3.8) is 0 Å². The minimum atomic E-state index is -3.69. The van der Waals surface area contributed by atoms with Crippen molar-refractivity contribution in [3.05, 3.63) is 64.5 Å². The molecule has 0 N–H and O–H groups in total. The van der Waals surface area contributed by atoms with Crippen LogP contribution in [0.15, 0.2) is 62.6 Å². The summed E-state index contributed by atoms with van der Waals surface area (Å²) in [6.07, 6.45) is 1.65. The van der Waals surface area contributed by atoms with Crippen LogP contribution < -0.4 is 15.3 Å². The van der Waals surface area contributed by atoms with Gasteiger partial charge >= 0.3 is 5.63 Å². The number of sulfonamides is 1. The number of carbonyl (C=O) groups is 2. The van der Waals surface area contributed by atoms with Crippen LogP contribution in [0.3, 0.4) is 0 Å². The smallest absolute Gasteiger partial charge is 0.336 e. The Kier molecular flexibility index (Phi) is 6.40. The number of amides is 2. The fourth-order valence-electron chi connectivity index (χ4n) is 4.71. The van der Waals surface area contributed by atoms with Gasteiger partial charge in [0, 0.05) is 43.5 Å². The van der Waals surface area contributed by atoms with Crippen molar-refractivity contribution in [2.24, 2.45) is 5.92 Å². The SMILES string of the molecule is Cc1cc(=O)oc2cc(OCC3CCN(S(=O)(=O)c4ccc(N5C(=O)CCC5=O)cc4)CC3)ccc12. The number of anilines is 1. The predicted octanol–water partition coefficient (Wildman–Crippen LogP) is 3.23. The van der Waals surface area contributed by atoms with Crippen LogP contribution in [0.4, 0.5) is 5.69 Å². The second-order valence-corrected chi connectivity index (χ2v) is 11.1. The van der Waals surface area contributed by atoms with Crippen molar-refractivity contribution in [1.29, 1.82) is 0 Å². The third-order valence-corrected chi connectivity index (χ3v) is 8.68. The molecule has 0 aliphatic carbocycles. The minimum absolute atomic E-state index is 0.132. The highest BCUT2D eigenvalue weighted by Gasteiger charge is 2.32. The second-order valence-electron chi connectivity index (χ2n) is 9.18. The molecule has 0 radical (unpaired) electrons. The molecule has 3 heterocycles. The normalized spacial score (nSPS) is 17.8. The van der Waals surface area contributed by atoms with Gasteiger partial charge in [-0.15, -0.1) is 0 Å². The molecule has 3 aromatic rings. The van der Waals surface area contributed by atoms with E-state index in [0.29, 0.717) is 49.6 Å². The average molecular weight is 511 g/mol. The first kappa shape index (κ1) is 24.2. The molecule has 1 aromatic heterocycles. The lowest BCUT2D eigenvalue weighted by Crippen LogP contribution is -2.39. The molecule has 10 heteroatoms. The number of ether oxygens (including phenoxy) is 1. The summed E-state index contributed by atoms with van der Waals surface area (Å²) in [5.74, 6) is 0.235. The number of imide groups is 1. The van der Waals surface area contributed by atoms with Gasteiger partial charge in [-0.3, -0.25) is 14.5 Å². The summed E-state index contributed by atoms with van der Waals surface area (Å²) in [5.41, 5.74) is 1.30. The molecule has 2 saturated heterocycles. The van der Waals surface area contributed by atoms with E-state index in [9.17, 15) is 22.8 Å². The number of hydrogen-bond acceptors (Lipinski definition) is 7. The zero-order chi connectivity index (χ0) is 25.4. The maximum Gasteiger partial charge on any atom is 0.336 e. The minimum Gasteiger partial charge on any atom is -0.493 e. The number of nitrogens with zero attached hydrogens (tertiary/aromatic N) is 2. The zero-order valence-electron chi connectivity index (χ0n) is 19.8. The number of piperidine rings is 1. The maximum atomic E-state index is 13.1. The molecule has 188 valence electrons. The van der Waals surface area contributed by atoms with Gasteiger partial charge in [-0.25, -0.2) is 13.2 Å². The largest absolute Gasteiger partial charge is 0.493 e. The van der Waals surface area contributed by atoms with Crippen LogP contribution >= 0.6 is 0 Å². The molecular formula is C26H26N2O7S. The van der Waals surface area contributed by atoms with Crippen LogP contribution in [0.5, 0.6) is 5.75 Å². The highest BCUT2D eigenvalue weighted by Crippen LogP contribution is 2.28. The first-order valence-electron chi connectivity index (χ1n) is 11.9. The molecule has 2 aliphatic heterocycles. The lowest BCUT2D eigenvalue weighted by Gasteiger charge is -2.31. The van der Waals surface area contributed by atoms with Crippen molar-refractivity contribution >= 4 is 38.5 Å². The summed E-state index contributed by atoms with van der Waals surface area (Å²) in [4.78, 5) is 36.7. The third kappa shape index (κ3) is 4.66. The Hall–Kier alpha value is -3.50. The Bertz CT molecular complexity index is 1470. The number of benzene rings is 2.